The lowest BCUT2D eigenvalue weighted by Crippen LogP contribution is -2.08. The van der Waals surface area contributed by atoms with Gasteiger partial charge in [0.25, 0.3) is 0 Å². The van der Waals surface area contributed by atoms with Crippen LogP contribution >= 0.6 is 0 Å². The maximum atomic E-state index is 4.45. The van der Waals surface area contributed by atoms with Crippen molar-refractivity contribution >= 4 is 22.7 Å². The minimum absolute atomic E-state index is 0.805. The molecule has 0 atom stereocenters. The summed E-state index contributed by atoms with van der Waals surface area (Å²) in [6.07, 6.45) is 12.8. The van der Waals surface area contributed by atoms with E-state index in [1.54, 1.807) is 0 Å². The summed E-state index contributed by atoms with van der Waals surface area (Å²) >= 11 is 0. The molecule has 1 aliphatic rings. The first-order valence-electron chi connectivity index (χ1n) is 10.4. The molecular weight excluding hydrogens is 366 g/mol. The van der Waals surface area contributed by atoms with Gasteiger partial charge in [-0.3, -0.25) is 4.99 Å². The van der Waals surface area contributed by atoms with Crippen molar-refractivity contribution in [2.24, 2.45) is 4.99 Å². The average Bonchev–Trinajstić information content (AvgIpc) is 2.76. The summed E-state index contributed by atoms with van der Waals surface area (Å²) < 4.78 is 0. The molecule has 0 heterocycles. The summed E-state index contributed by atoms with van der Waals surface area (Å²) in [6, 6.07) is 17.4. The molecule has 0 bridgehead atoms. The lowest BCUT2D eigenvalue weighted by Gasteiger charge is -2.16. The first-order chi connectivity index (χ1) is 14.5. The third kappa shape index (κ3) is 5.38. The molecular formula is C27H31N3. The van der Waals surface area contributed by atoms with Crippen molar-refractivity contribution < 1.29 is 0 Å². The van der Waals surface area contributed by atoms with Crippen LogP contribution in [0.25, 0.3) is 5.57 Å². The van der Waals surface area contributed by atoms with Gasteiger partial charge in [0, 0.05) is 46.1 Å². The highest BCUT2D eigenvalue weighted by atomic mass is 15.1. The topological polar surface area (TPSA) is 18.8 Å². The van der Waals surface area contributed by atoms with Crippen molar-refractivity contribution in [3.05, 3.63) is 102 Å². The normalized spacial score (nSPS) is 12.6. The van der Waals surface area contributed by atoms with Crippen LogP contribution in [0.1, 0.15) is 18.1 Å². The molecule has 0 amide bonds. The summed E-state index contributed by atoms with van der Waals surface area (Å²) in [5.41, 5.74) is 8.18. The van der Waals surface area contributed by atoms with Gasteiger partial charge in [0.1, 0.15) is 0 Å². The van der Waals surface area contributed by atoms with Crippen molar-refractivity contribution in [1.29, 1.82) is 0 Å². The second-order valence-corrected chi connectivity index (χ2v) is 7.70. The van der Waals surface area contributed by atoms with Crippen LogP contribution in [0.4, 0.5) is 11.4 Å². The monoisotopic (exact) mass is 397 g/mol. The smallest absolute Gasteiger partial charge is 0.0574 e. The third-order valence-corrected chi connectivity index (χ3v) is 5.07. The molecule has 154 valence electrons. The average molecular weight is 398 g/mol. The number of nitrogens with zero attached hydrogens (tertiary/aromatic N) is 3. The standard InChI is InChI=1S/C27H31N3/c1-6-28-24-14-7-21(8-15-24)9-20-27(22-10-16-25(17-11-22)29(2)3)23-12-18-26(19-13-23)30(4)5/h7-20H,6H2,1-5H3. The van der Waals surface area contributed by atoms with Crippen LogP contribution in [-0.4, -0.2) is 40.4 Å². The quantitative estimate of drug-likeness (QED) is 0.617. The molecule has 3 rings (SSSR count). The van der Waals surface area contributed by atoms with Crippen LogP contribution in [0.2, 0.25) is 0 Å². The molecule has 0 saturated carbocycles. The molecule has 0 N–H and O–H groups in total. The molecule has 3 nitrogen and oxygen atoms in total. The SMILES string of the molecule is CCN=C1C=CC(=CC=C(c2ccc(N(C)C)cc2)c2ccc(N(C)C)cc2)C=C1. The molecule has 0 aromatic heterocycles. The molecule has 0 spiro atoms. The van der Waals surface area contributed by atoms with E-state index in [0.29, 0.717) is 0 Å². The van der Waals surface area contributed by atoms with Gasteiger partial charge in [0.15, 0.2) is 0 Å². The highest BCUT2D eigenvalue weighted by Crippen LogP contribution is 2.27. The number of rotatable bonds is 6. The number of hydrogen-bond donors (Lipinski definition) is 0. The van der Waals surface area contributed by atoms with Gasteiger partial charge in [0.2, 0.25) is 0 Å². The minimum atomic E-state index is 0.805. The first kappa shape index (κ1) is 21.4. The molecule has 3 heteroatoms. The number of benzene rings is 2. The molecule has 0 unspecified atom stereocenters. The Labute approximate surface area is 181 Å². The predicted octanol–water partition coefficient (Wildman–Crippen LogP) is 5.76. The van der Waals surface area contributed by atoms with Crippen molar-refractivity contribution in [2.75, 3.05) is 44.5 Å². The van der Waals surface area contributed by atoms with Crippen molar-refractivity contribution in [2.45, 2.75) is 6.92 Å². The van der Waals surface area contributed by atoms with E-state index >= 15 is 0 Å². The zero-order valence-corrected chi connectivity index (χ0v) is 18.6. The van der Waals surface area contributed by atoms with Crippen LogP contribution in [-0.2, 0) is 0 Å². The maximum absolute atomic E-state index is 4.45. The molecule has 2 aromatic carbocycles. The molecule has 1 aliphatic carbocycles. The van der Waals surface area contributed by atoms with Gasteiger partial charge >= 0.3 is 0 Å². The van der Waals surface area contributed by atoms with E-state index in [4.69, 9.17) is 0 Å². The summed E-state index contributed by atoms with van der Waals surface area (Å²) in [5, 5.41) is 0. The number of anilines is 2. The largest absolute Gasteiger partial charge is 0.378 e. The van der Waals surface area contributed by atoms with E-state index in [-0.39, 0.29) is 0 Å². The minimum Gasteiger partial charge on any atom is -0.378 e. The van der Waals surface area contributed by atoms with Crippen LogP contribution in [0.5, 0.6) is 0 Å². The summed E-state index contributed by atoms with van der Waals surface area (Å²) in [4.78, 5) is 8.68. The lowest BCUT2D eigenvalue weighted by atomic mass is 9.96. The van der Waals surface area contributed by atoms with Crippen molar-refractivity contribution in [3.8, 4) is 0 Å². The van der Waals surface area contributed by atoms with Crippen LogP contribution < -0.4 is 9.80 Å². The highest BCUT2D eigenvalue weighted by Gasteiger charge is 2.07. The number of hydrogen-bond acceptors (Lipinski definition) is 3. The third-order valence-electron chi connectivity index (χ3n) is 5.07. The molecule has 30 heavy (non-hydrogen) atoms. The zero-order chi connectivity index (χ0) is 21.5. The molecule has 0 aliphatic heterocycles. The molecule has 0 saturated heterocycles. The van der Waals surface area contributed by atoms with Gasteiger partial charge < -0.3 is 9.80 Å². The van der Waals surface area contributed by atoms with Gasteiger partial charge in [-0.05, 0) is 65.6 Å². The Morgan fingerprint density at radius 3 is 1.60 bits per heavy atom. The Bertz CT molecular complexity index is 928. The second-order valence-electron chi connectivity index (χ2n) is 7.70. The molecule has 0 radical (unpaired) electrons. The fourth-order valence-electron chi connectivity index (χ4n) is 3.29. The van der Waals surface area contributed by atoms with Gasteiger partial charge in [-0.1, -0.05) is 48.6 Å². The lowest BCUT2D eigenvalue weighted by molar-refractivity contribution is 1.13. The van der Waals surface area contributed by atoms with Crippen LogP contribution in [0.15, 0.2) is 95.6 Å². The predicted molar refractivity (Wildman–Crippen MR) is 133 cm³/mol. The zero-order valence-electron chi connectivity index (χ0n) is 18.6. The fraction of sp³-hybridized carbons (Fsp3) is 0.222. The van der Waals surface area contributed by atoms with Crippen molar-refractivity contribution in [1.82, 2.24) is 0 Å². The summed E-state index contributed by atoms with van der Waals surface area (Å²) in [7, 11) is 8.25. The van der Waals surface area contributed by atoms with Crippen LogP contribution in [0, 0.1) is 0 Å². The maximum Gasteiger partial charge on any atom is 0.0574 e. The van der Waals surface area contributed by atoms with E-state index < -0.39 is 0 Å². The van der Waals surface area contributed by atoms with Crippen molar-refractivity contribution in [3.63, 3.8) is 0 Å². The van der Waals surface area contributed by atoms with E-state index in [1.165, 1.54) is 28.1 Å². The Morgan fingerprint density at radius 1 is 0.733 bits per heavy atom. The molecule has 2 aromatic rings. The van der Waals surface area contributed by atoms with Crippen LogP contribution in [0.3, 0.4) is 0 Å². The number of allylic oxidation sites excluding steroid dienone is 7. The van der Waals surface area contributed by atoms with Gasteiger partial charge in [0.05, 0.1) is 5.71 Å². The van der Waals surface area contributed by atoms with E-state index in [2.05, 4.69) is 135 Å². The second kappa shape index (κ2) is 9.93. The Kier molecular flexibility index (Phi) is 7.08. The van der Waals surface area contributed by atoms with E-state index in [9.17, 15) is 0 Å². The summed E-state index contributed by atoms with van der Waals surface area (Å²) in [5.74, 6) is 0. The Morgan fingerprint density at radius 2 is 1.20 bits per heavy atom. The fourth-order valence-corrected chi connectivity index (χ4v) is 3.29. The van der Waals surface area contributed by atoms with E-state index in [1.807, 2.05) is 0 Å². The molecule has 0 fully saturated rings. The Balaban J connectivity index is 1.98. The first-order valence-corrected chi connectivity index (χ1v) is 10.4. The Hall–Kier alpha value is -3.33. The van der Waals surface area contributed by atoms with Gasteiger partial charge in [-0.2, -0.15) is 0 Å². The summed E-state index contributed by atoms with van der Waals surface area (Å²) in [6.45, 7) is 2.86. The number of aliphatic imine (C=N–C) groups is 1. The van der Waals surface area contributed by atoms with Gasteiger partial charge in [-0.25, -0.2) is 0 Å². The van der Waals surface area contributed by atoms with E-state index in [0.717, 1.165) is 17.8 Å². The highest BCUT2D eigenvalue weighted by molar-refractivity contribution is 6.06. The van der Waals surface area contributed by atoms with Gasteiger partial charge in [-0.15, -0.1) is 0 Å².